The highest BCUT2D eigenvalue weighted by Crippen LogP contribution is 2.38. The van der Waals surface area contributed by atoms with Crippen LogP contribution in [-0.2, 0) is 35.3 Å². The third-order valence-corrected chi connectivity index (χ3v) is 3.82. The Kier molecular flexibility index (Phi) is 5.33. The van der Waals surface area contributed by atoms with Gasteiger partial charge in [0, 0.05) is 6.92 Å². The van der Waals surface area contributed by atoms with Gasteiger partial charge in [0.15, 0.2) is 5.41 Å². The molecule has 0 aliphatic carbocycles. The molecule has 24 heavy (non-hydrogen) atoms. The summed E-state index contributed by atoms with van der Waals surface area (Å²) in [4.78, 5) is 48.8. The van der Waals surface area contributed by atoms with Gasteiger partial charge in [-0.1, -0.05) is 30.3 Å². The van der Waals surface area contributed by atoms with Crippen molar-refractivity contribution in [2.45, 2.75) is 26.9 Å². The van der Waals surface area contributed by atoms with Crippen LogP contribution in [0.25, 0.3) is 0 Å². The molecule has 1 aliphatic heterocycles. The molecule has 1 fully saturated rings. The van der Waals surface area contributed by atoms with Crippen molar-refractivity contribution < 1.29 is 28.7 Å². The van der Waals surface area contributed by atoms with Gasteiger partial charge in [0.2, 0.25) is 11.8 Å². The van der Waals surface area contributed by atoms with E-state index in [1.54, 1.807) is 31.2 Å². The van der Waals surface area contributed by atoms with Gasteiger partial charge in [-0.3, -0.25) is 24.1 Å². The number of amides is 2. The van der Waals surface area contributed by atoms with E-state index in [9.17, 15) is 19.2 Å². The van der Waals surface area contributed by atoms with E-state index >= 15 is 0 Å². The summed E-state index contributed by atoms with van der Waals surface area (Å²) in [5.74, 6) is -2.69. The number of hydrogen-bond acceptors (Lipinski definition) is 6. The van der Waals surface area contributed by atoms with Crippen LogP contribution in [0.5, 0.6) is 0 Å². The average molecular weight is 333 g/mol. The quantitative estimate of drug-likeness (QED) is 0.439. The number of nitrogens with zero attached hydrogens (tertiary/aromatic N) is 1. The molecule has 7 heteroatoms. The Bertz CT molecular complexity index is 656. The molecule has 0 N–H and O–H groups in total. The normalized spacial score (nSPS) is 19.4. The van der Waals surface area contributed by atoms with Gasteiger partial charge in [0.25, 0.3) is 0 Å². The molecule has 1 atom stereocenters. The van der Waals surface area contributed by atoms with Crippen molar-refractivity contribution in [2.24, 2.45) is 5.41 Å². The number of likely N-dealkylation sites (tertiary alicyclic amines) is 1. The van der Waals surface area contributed by atoms with Gasteiger partial charge in [0.1, 0.15) is 6.61 Å². The molecule has 0 spiro atoms. The summed E-state index contributed by atoms with van der Waals surface area (Å²) in [6, 6.07) is 8.96. The van der Waals surface area contributed by atoms with E-state index in [0.29, 0.717) is 0 Å². The van der Waals surface area contributed by atoms with Gasteiger partial charge >= 0.3 is 11.9 Å². The number of ether oxygens (including phenoxy) is 2. The first-order valence-electron chi connectivity index (χ1n) is 7.60. The first-order chi connectivity index (χ1) is 11.4. The van der Waals surface area contributed by atoms with E-state index in [2.05, 4.69) is 0 Å². The fraction of sp³-hybridized carbons (Fsp3) is 0.412. The topological polar surface area (TPSA) is 90.0 Å². The highest BCUT2D eigenvalue weighted by Gasteiger charge is 2.61. The van der Waals surface area contributed by atoms with E-state index < -0.39 is 35.6 Å². The van der Waals surface area contributed by atoms with E-state index in [4.69, 9.17) is 9.47 Å². The van der Waals surface area contributed by atoms with Crippen molar-refractivity contribution in [2.75, 3.05) is 13.2 Å². The Morgan fingerprint density at radius 2 is 1.83 bits per heavy atom. The van der Waals surface area contributed by atoms with Gasteiger partial charge in [-0.2, -0.15) is 0 Å². The summed E-state index contributed by atoms with van der Waals surface area (Å²) in [6.45, 7) is 2.80. The van der Waals surface area contributed by atoms with E-state index in [0.717, 1.165) is 10.5 Å². The fourth-order valence-electron chi connectivity index (χ4n) is 2.51. The molecule has 1 heterocycles. The molecule has 7 nitrogen and oxygen atoms in total. The second-order valence-electron chi connectivity index (χ2n) is 5.54. The molecule has 2 rings (SSSR count). The standard InChI is InChI=1S/C17H19NO6/c1-3-23-14(20)9-17(11-18(12(2)19)15(17)21)16(22)24-10-13-7-5-4-6-8-13/h4-8H,3,9-11H2,1-2H3. The SMILES string of the molecule is CCOC(=O)CC1(C(=O)OCc2ccccc2)CN(C(C)=O)C1=O. The van der Waals surface area contributed by atoms with Gasteiger partial charge in [0.05, 0.1) is 19.6 Å². The second kappa shape index (κ2) is 7.25. The summed E-state index contributed by atoms with van der Waals surface area (Å²) in [5.41, 5.74) is -0.917. The Balaban J connectivity index is 2.11. The summed E-state index contributed by atoms with van der Waals surface area (Å²) in [5, 5.41) is 0. The maximum Gasteiger partial charge on any atom is 0.324 e. The van der Waals surface area contributed by atoms with Crippen LogP contribution in [0.2, 0.25) is 0 Å². The smallest absolute Gasteiger partial charge is 0.324 e. The van der Waals surface area contributed by atoms with Crippen LogP contribution < -0.4 is 0 Å². The molecular formula is C17H19NO6. The minimum Gasteiger partial charge on any atom is -0.466 e. The molecule has 0 bridgehead atoms. The van der Waals surface area contributed by atoms with E-state index in [-0.39, 0.29) is 19.8 Å². The monoisotopic (exact) mass is 333 g/mol. The van der Waals surface area contributed by atoms with Gasteiger partial charge in [-0.25, -0.2) is 0 Å². The summed E-state index contributed by atoms with van der Waals surface area (Å²) >= 11 is 0. The third kappa shape index (κ3) is 3.45. The largest absolute Gasteiger partial charge is 0.466 e. The Labute approximate surface area is 139 Å². The predicted molar refractivity (Wildman–Crippen MR) is 82.3 cm³/mol. The molecular weight excluding hydrogens is 314 g/mol. The Morgan fingerprint density at radius 1 is 1.17 bits per heavy atom. The maximum absolute atomic E-state index is 12.5. The van der Waals surface area contributed by atoms with Gasteiger partial charge in [-0.15, -0.1) is 0 Å². The molecule has 1 saturated heterocycles. The lowest BCUT2D eigenvalue weighted by molar-refractivity contribution is -0.187. The Hall–Kier alpha value is -2.70. The number of rotatable bonds is 6. The molecule has 0 aromatic heterocycles. The number of hydrogen-bond donors (Lipinski definition) is 0. The highest BCUT2D eigenvalue weighted by molar-refractivity contribution is 6.15. The zero-order chi connectivity index (χ0) is 17.7. The van der Waals surface area contributed by atoms with Crippen LogP contribution in [-0.4, -0.2) is 41.8 Å². The number of esters is 2. The zero-order valence-electron chi connectivity index (χ0n) is 13.6. The van der Waals surface area contributed by atoms with E-state index in [1.165, 1.54) is 6.92 Å². The molecule has 128 valence electrons. The van der Waals surface area contributed by atoms with Crippen LogP contribution in [0.1, 0.15) is 25.8 Å². The first kappa shape index (κ1) is 17.7. The molecule has 1 aromatic rings. The second-order valence-corrected chi connectivity index (χ2v) is 5.54. The number of carbonyl (C=O) groups is 4. The molecule has 0 saturated carbocycles. The highest BCUT2D eigenvalue weighted by atomic mass is 16.5. The number of benzene rings is 1. The van der Waals surface area contributed by atoms with Crippen LogP contribution in [0.3, 0.4) is 0 Å². The summed E-state index contributed by atoms with van der Waals surface area (Å²) < 4.78 is 10.0. The molecule has 1 aromatic carbocycles. The lowest BCUT2D eigenvalue weighted by Gasteiger charge is -2.44. The van der Waals surface area contributed by atoms with Crippen molar-refractivity contribution in [1.82, 2.24) is 4.90 Å². The third-order valence-electron chi connectivity index (χ3n) is 3.82. The van der Waals surface area contributed by atoms with Crippen LogP contribution >= 0.6 is 0 Å². The van der Waals surface area contributed by atoms with Crippen molar-refractivity contribution >= 4 is 23.8 Å². The maximum atomic E-state index is 12.5. The van der Waals surface area contributed by atoms with Gasteiger partial charge in [-0.05, 0) is 12.5 Å². The first-order valence-corrected chi connectivity index (χ1v) is 7.60. The lowest BCUT2D eigenvalue weighted by atomic mass is 9.75. The molecule has 2 amide bonds. The van der Waals surface area contributed by atoms with Gasteiger partial charge < -0.3 is 9.47 Å². The number of imide groups is 1. The fourth-order valence-corrected chi connectivity index (χ4v) is 2.51. The van der Waals surface area contributed by atoms with Crippen LogP contribution in [0, 0.1) is 5.41 Å². The average Bonchev–Trinajstić information content (AvgIpc) is 2.56. The summed E-state index contributed by atoms with van der Waals surface area (Å²) in [6.07, 6.45) is -0.433. The van der Waals surface area contributed by atoms with Crippen LogP contribution in [0.4, 0.5) is 0 Å². The van der Waals surface area contributed by atoms with Crippen molar-refractivity contribution in [3.63, 3.8) is 0 Å². The lowest BCUT2D eigenvalue weighted by Crippen LogP contribution is -2.67. The van der Waals surface area contributed by atoms with E-state index in [1.807, 2.05) is 6.07 Å². The number of β-lactam (4-membered cyclic amide) rings is 1. The molecule has 0 radical (unpaired) electrons. The zero-order valence-corrected chi connectivity index (χ0v) is 13.6. The Morgan fingerprint density at radius 3 is 2.38 bits per heavy atom. The van der Waals surface area contributed by atoms with Crippen LogP contribution in [0.15, 0.2) is 30.3 Å². The minimum atomic E-state index is -1.67. The predicted octanol–water partition coefficient (Wildman–Crippen LogP) is 1.06. The summed E-state index contributed by atoms with van der Waals surface area (Å²) in [7, 11) is 0. The van der Waals surface area contributed by atoms with Crippen molar-refractivity contribution in [3.05, 3.63) is 35.9 Å². The number of carbonyl (C=O) groups excluding carboxylic acids is 4. The minimum absolute atomic E-state index is 0.0163. The molecule has 1 aliphatic rings. The molecule has 1 unspecified atom stereocenters. The van der Waals surface area contributed by atoms with Crippen molar-refractivity contribution in [1.29, 1.82) is 0 Å². The van der Waals surface area contributed by atoms with Crippen molar-refractivity contribution in [3.8, 4) is 0 Å².